The lowest BCUT2D eigenvalue weighted by molar-refractivity contribution is -0.126. The number of ether oxygens (including phenoxy) is 2. The van der Waals surface area contributed by atoms with Crippen molar-refractivity contribution in [3.05, 3.63) is 83.2 Å². The zero-order valence-electron chi connectivity index (χ0n) is 20.2. The predicted octanol–water partition coefficient (Wildman–Crippen LogP) is 3.47. The standard InChI is InChI=1S/C27H29FN4O4/c1-35-22-8-2-18(3-9-22)14-29-26(33)20-10-12-31(13-11-20)27(34)25-23-16-36-24(15-32(23)17-30-25)19-4-6-21(28)7-5-19/h2-9,17,20,24H,10-16H2,1H3,(H,29,33). The van der Waals surface area contributed by atoms with Crippen LogP contribution in [0.4, 0.5) is 4.39 Å². The summed E-state index contributed by atoms with van der Waals surface area (Å²) in [5.74, 6) is 0.245. The lowest BCUT2D eigenvalue weighted by Gasteiger charge is -2.31. The molecule has 0 aliphatic carbocycles. The summed E-state index contributed by atoms with van der Waals surface area (Å²) in [5.41, 5.74) is 3.04. The average molecular weight is 493 g/mol. The lowest BCUT2D eigenvalue weighted by atomic mass is 9.95. The van der Waals surface area contributed by atoms with Crippen molar-refractivity contribution >= 4 is 11.8 Å². The molecule has 5 rings (SSSR count). The van der Waals surface area contributed by atoms with Crippen molar-refractivity contribution in [3.63, 3.8) is 0 Å². The molecule has 2 aliphatic heterocycles. The summed E-state index contributed by atoms with van der Waals surface area (Å²) in [5, 5.41) is 3.00. The molecule has 8 nitrogen and oxygen atoms in total. The van der Waals surface area contributed by atoms with Crippen LogP contribution in [0, 0.1) is 11.7 Å². The summed E-state index contributed by atoms with van der Waals surface area (Å²) >= 11 is 0. The first kappa shape index (κ1) is 24.0. The molecular weight excluding hydrogens is 463 g/mol. The van der Waals surface area contributed by atoms with Crippen LogP contribution in [0.2, 0.25) is 0 Å². The Morgan fingerprint density at radius 3 is 2.53 bits per heavy atom. The van der Waals surface area contributed by atoms with Gasteiger partial charge in [0.25, 0.3) is 5.91 Å². The van der Waals surface area contributed by atoms with Crippen molar-refractivity contribution in [1.82, 2.24) is 19.8 Å². The highest BCUT2D eigenvalue weighted by Crippen LogP contribution is 2.29. The van der Waals surface area contributed by atoms with E-state index in [4.69, 9.17) is 9.47 Å². The number of likely N-dealkylation sites (tertiary alicyclic amines) is 1. The number of halogens is 1. The highest BCUT2D eigenvalue weighted by atomic mass is 19.1. The van der Waals surface area contributed by atoms with Crippen LogP contribution >= 0.6 is 0 Å². The predicted molar refractivity (Wildman–Crippen MR) is 130 cm³/mol. The zero-order valence-corrected chi connectivity index (χ0v) is 20.2. The molecule has 1 N–H and O–H groups in total. The van der Waals surface area contributed by atoms with Gasteiger partial charge in [-0.05, 0) is 48.2 Å². The fourth-order valence-corrected chi connectivity index (χ4v) is 4.76. The fraction of sp³-hybridized carbons (Fsp3) is 0.370. The van der Waals surface area contributed by atoms with Gasteiger partial charge in [-0.3, -0.25) is 9.59 Å². The number of aromatic nitrogens is 2. The van der Waals surface area contributed by atoms with Gasteiger partial charge < -0.3 is 24.3 Å². The maximum absolute atomic E-state index is 13.2. The second-order valence-electron chi connectivity index (χ2n) is 9.18. The quantitative estimate of drug-likeness (QED) is 0.570. The van der Waals surface area contributed by atoms with Crippen LogP contribution in [0.25, 0.3) is 0 Å². The Kier molecular flexibility index (Phi) is 6.99. The molecule has 2 aromatic carbocycles. The second kappa shape index (κ2) is 10.5. The molecular formula is C27H29FN4O4. The van der Waals surface area contributed by atoms with E-state index < -0.39 is 0 Å². The topological polar surface area (TPSA) is 85.7 Å². The number of rotatable bonds is 6. The maximum atomic E-state index is 13.2. The Hall–Kier alpha value is -3.72. The van der Waals surface area contributed by atoms with E-state index in [2.05, 4.69) is 10.3 Å². The van der Waals surface area contributed by atoms with E-state index in [0.717, 1.165) is 22.6 Å². The number of nitrogens with zero attached hydrogens (tertiary/aromatic N) is 3. The molecule has 0 bridgehead atoms. The molecule has 1 fully saturated rings. The first-order valence-electron chi connectivity index (χ1n) is 12.1. The molecule has 1 atom stereocenters. The van der Waals surface area contributed by atoms with Crippen molar-refractivity contribution in [3.8, 4) is 5.75 Å². The van der Waals surface area contributed by atoms with Crippen LogP contribution in [-0.4, -0.2) is 46.5 Å². The molecule has 2 aliphatic rings. The summed E-state index contributed by atoms with van der Waals surface area (Å²) in [6.45, 7) is 2.24. The Bertz CT molecular complexity index is 1220. The Balaban J connectivity index is 1.14. The number of amides is 2. The van der Waals surface area contributed by atoms with Gasteiger partial charge in [-0.1, -0.05) is 24.3 Å². The zero-order chi connectivity index (χ0) is 25.1. The molecule has 0 saturated carbocycles. The van der Waals surface area contributed by atoms with E-state index in [0.29, 0.717) is 44.7 Å². The van der Waals surface area contributed by atoms with Crippen molar-refractivity contribution < 1.29 is 23.5 Å². The highest BCUT2D eigenvalue weighted by molar-refractivity contribution is 5.93. The summed E-state index contributed by atoms with van der Waals surface area (Å²) in [6.07, 6.45) is 2.67. The molecule has 2 amide bonds. The van der Waals surface area contributed by atoms with E-state index in [1.165, 1.54) is 12.1 Å². The molecule has 3 heterocycles. The number of hydrogen-bond acceptors (Lipinski definition) is 5. The SMILES string of the molecule is COc1ccc(CNC(=O)C2CCN(C(=O)c3ncn4c3COC(c3ccc(F)cc3)C4)CC2)cc1. The van der Waals surface area contributed by atoms with Crippen LogP contribution in [0.5, 0.6) is 5.75 Å². The molecule has 36 heavy (non-hydrogen) atoms. The van der Waals surface area contributed by atoms with Gasteiger partial charge in [0.05, 0.1) is 32.3 Å². The molecule has 1 aromatic heterocycles. The van der Waals surface area contributed by atoms with Crippen molar-refractivity contribution in [1.29, 1.82) is 0 Å². The molecule has 1 saturated heterocycles. The Labute approximate surface area is 209 Å². The number of benzene rings is 2. The van der Waals surface area contributed by atoms with E-state index in [1.54, 1.807) is 30.5 Å². The first-order valence-corrected chi connectivity index (χ1v) is 12.1. The number of nitrogens with one attached hydrogen (secondary N) is 1. The number of hydrogen-bond donors (Lipinski definition) is 1. The van der Waals surface area contributed by atoms with Crippen LogP contribution in [0.3, 0.4) is 0 Å². The van der Waals surface area contributed by atoms with Gasteiger partial charge in [-0.15, -0.1) is 0 Å². The van der Waals surface area contributed by atoms with E-state index in [1.807, 2.05) is 28.8 Å². The highest BCUT2D eigenvalue weighted by Gasteiger charge is 2.32. The number of piperidine rings is 1. The number of carbonyl (C=O) groups excluding carboxylic acids is 2. The van der Waals surface area contributed by atoms with Crippen LogP contribution in [-0.2, 0) is 29.2 Å². The fourth-order valence-electron chi connectivity index (χ4n) is 4.76. The number of methoxy groups -OCH3 is 1. The van der Waals surface area contributed by atoms with Crippen LogP contribution < -0.4 is 10.1 Å². The number of carbonyl (C=O) groups is 2. The second-order valence-corrected chi connectivity index (χ2v) is 9.18. The monoisotopic (exact) mass is 492 g/mol. The average Bonchev–Trinajstić information content (AvgIpc) is 3.35. The van der Waals surface area contributed by atoms with E-state index >= 15 is 0 Å². The molecule has 9 heteroatoms. The molecule has 1 unspecified atom stereocenters. The van der Waals surface area contributed by atoms with Gasteiger partial charge in [0.15, 0.2) is 5.69 Å². The van der Waals surface area contributed by atoms with Gasteiger partial charge in [0, 0.05) is 25.6 Å². The normalized spacial score (nSPS) is 17.9. The summed E-state index contributed by atoms with van der Waals surface area (Å²) < 4.78 is 26.3. The molecule has 0 spiro atoms. The minimum atomic E-state index is -0.288. The minimum absolute atomic E-state index is 0.0116. The van der Waals surface area contributed by atoms with Gasteiger partial charge >= 0.3 is 0 Å². The summed E-state index contributed by atoms with van der Waals surface area (Å²) in [6, 6.07) is 13.9. The lowest BCUT2D eigenvalue weighted by Crippen LogP contribution is -2.43. The Morgan fingerprint density at radius 1 is 1.11 bits per heavy atom. The summed E-state index contributed by atoms with van der Waals surface area (Å²) in [4.78, 5) is 32.0. The molecule has 3 aromatic rings. The van der Waals surface area contributed by atoms with Gasteiger partial charge in [0.1, 0.15) is 17.7 Å². The smallest absolute Gasteiger partial charge is 0.274 e. The minimum Gasteiger partial charge on any atom is -0.497 e. The van der Waals surface area contributed by atoms with E-state index in [-0.39, 0.29) is 36.3 Å². The third-order valence-electron chi connectivity index (χ3n) is 6.95. The van der Waals surface area contributed by atoms with Gasteiger partial charge in [-0.25, -0.2) is 9.37 Å². The van der Waals surface area contributed by atoms with Crippen LogP contribution in [0.1, 0.15) is 46.3 Å². The van der Waals surface area contributed by atoms with Crippen molar-refractivity contribution in [2.24, 2.45) is 5.92 Å². The molecule has 188 valence electrons. The summed E-state index contributed by atoms with van der Waals surface area (Å²) in [7, 11) is 1.62. The number of fused-ring (bicyclic) bond motifs is 1. The number of imidazole rings is 1. The first-order chi connectivity index (χ1) is 17.5. The Morgan fingerprint density at radius 2 is 1.83 bits per heavy atom. The van der Waals surface area contributed by atoms with Gasteiger partial charge in [-0.2, -0.15) is 0 Å². The largest absolute Gasteiger partial charge is 0.497 e. The third kappa shape index (κ3) is 5.11. The molecule has 0 radical (unpaired) electrons. The maximum Gasteiger partial charge on any atom is 0.274 e. The van der Waals surface area contributed by atoms with Crippen LogP contribution in [0.15, 0.2) is 54.9 Å². The third-order valence-corrected chi connectivity index (χ3v) is 6.95. The van der Waals surface area contributed by atoms with Crippen molar-refractivity contribution in [2.45, 2.75) is 38.6 Å². The van der Waals surface area contributed by atoms with Crippen molar-refractivity contribution in [2.75, 3.05) is 20.2 Å². The van der Waals surface area contributed by atoms with E-state index in [9.17, 15) is 14.0 Å². The van der Waals surface area contributed by atoms with Gasteiger partial charge in [0.2, 0.25) is 5.91 Å².